The number of Topliss-reactive ketones (excluding diaryl/α,β-unsaturated/α-hetero) is 1. The molecule has 1 aromatic rings. The van der Waals surface area contributed by atoms with Crippen LogP contribution >= 0.6 is 0 Å². The van der Waals surface area contributed by atoms with Crippen LogP contribution < -0.4 is 0 Å². The molecule has 12 heavy (non-hydrogen) atoms. The Morgan fingerprint density at radius 2 is 2.25 bits per heavy atom. The Bertz CT molecular complexity index is 333. The van der Waals surface area contributed by atoms with Crippen LogP contribution in [0, 0.1) is 0 Å². The summed E-state index contributed by atoms with van der Waals surface area (Å²) >= 11 is 0. The van der Waals surface area contributed by atoms with Gasteiger partial charge in [0.2, 0.25) is 0 Å². The molecule has 0 amide bonds. The van der Waals surface area contributed by atoms with Crippen molar-refractivity contribution < 1.29 is 14.7 Å². The van der Waals surface area contributed by atoms with Gasteiger partial charge in [0.1, 0.15) is 17.1 Å². The number of ketones is 1. The molecule has 1 heterocycles. The van der Waals surface area contributed by atoms with Crippen molar-refractivity contribution >= 4 is 12.1 Å². The predicted molar refractivity (Wildman–Crippen MR) is 41.3 cm³/mol. The first kappa shape index (κ1) is 8.39. The molecule has 0 saturated carbocycles. The Kier molecular flexibility index (Phi) is 2.19. The number of pyridine rings is 1. The van der Waals surface area contributed by atoms with Gasteiger partial charge in [-0.2, -0.15) is 0 Å². The van der Waals surface area contributed by atoms with Crippen LogP contribution in [-0.4, -0.2) is 22.2 Å². The van der Waals surface area contributed by atoms with Gasteiger partial charge >= 0.3 is 0 Å². The Morgan fingerprint density at radius 1 is 1.58 bits per heavy atom. The van der Waals surface area contributed by atoms with Crippen LogP contribution in [0.4, 0.5) is 0 Å². The fraction of sp³-hybridized carbons (Fsp3) is 0.125. The van der Waals surface area contributed by atoms with Crippen LogP contribution in [0.15, 0.2) is 12.1 Å². The van der Waals surface area contributed by atoms with Crippen LogP contribution in [-0.2, 0) is 0 Å². The third-order valence-electron chi connectivity index (χ3n) is 1.35. The second-order valence-electron chi connectivity index (χ2n) is 2.28. The number of nitrogens with zero attached hydrogens (tertiary/aromatic N) is 1. The average Bonchev–Trinajstić information content (AvgIpc) is 2.05. The summed E-state index contributed by atoms with van der Waals surface area (Å²) < 4.78 is 0. The van der Waals surface area contributed by atoms with Gasteiger partial charge in [-0.3, -0.25) is 9.59 Å². The quantitative estimate of drug-likeness (QED) is 0.520. The van der Waals surface area contributed by atoms with Gasteiger partial charge in [-0.15, -0.1) is 0 Å². The summed E-state index contributed by atoms with van der Waals surface area (Å²) in [6.45, 7) is 1.27. The SMILES string of the molecule is CC(=O)c1nc(C=O)ccc1O. The van der Waals surface area contributed by atoms with E-state index >= 15 is 0 Å². The lowest BCUT2D eigenvalue weighted by molar-refractivity contribution is 0.101. The summed E-state index contributed by atoms with van der Waals surface area (Å²) in [6.07, 6.45) is 0.520. The predicted octanol–water partition coefficient (Wildman–Crippen LogP) is 0.802. The number of rotatable bonds is 2. The highest BCUT2D eigenvalue weighted by Gasteiger charge is 2.08. The number of carbonyl (C=O) groups is 2. The third kappa shape index (κ3) is 1.47. The first-order chi connectivity index (χ1) is 5.65. The number of aromatic hydroxyl groups is 1. The molecule has 0 radical (unpaired) electrons. The minimum Gasteiger partial charge on any atom is -0.506 e. The lowest BCUT2D eigenvalue weighted by Gasteiger charge is -1.98. The number of carbonyl (C=O) groups excluding carboxylic acids is 2. The van der Waals surface area contributed by atoms with Gasteiger partial charge in [0.25, 0.3) is 0 Å². The third-order valence-corrected chi connectivity index (χ3v) is 1.35. The molecule has 0 atom stereocenters. The van der Waals surface area contributed by atoms with Gasteiger partial charge in [0.05, 0.1) is 0 Å². The summed E-state index contributed by atoms with van der Waals surface area (Å²) in [5.74, 6) is -0.565. The monoisotopic (exact) mass is 165 g/mol. The van der Waals surface area contributed by atoms with Crippen LogP contribution in [0.25, 0.3) is 0 Å². The Morgan fingerprint density at radius 3 is 2.75 bits per heavy atom. The van der Waals surface area contributed by atoms with Gasteiger partial charge < -0.3 is 5.11 Å². The Hall–Kier alpha value is -1.71. The van der Waals surface area contributed by atoms with E-state index in [0.29, 0.717) is 6.29 Å². The molecule has 1 N–H and O–H groups in total. The molecule has 0 bridgehead atoms. The molecule has 62 valence electrons. The fourth-order valence-electron chi connectivity index (χ4n) is 0.792. The lowest BCUT2D eigenvalue weighted by atomic mass is 10.2. The lowest BCUT2D eigenvalue weighted by Crippen LogP contribution is -1.99. The van der Waals surface area contributed by atoms with Crippen LogP contribution in [0.3, 0.4) is 0 Å². The normalized spacial score (nSPS) is 9.42. The summed E-state index contributed by atoms with van der Waals surface area (Å²) in [5.41, 5.74) is 0.0672. The van der Waals surface area contributed by atoms with Crippen molar-refractivity contribution in [2.75, 3.05) is 0 Å². The standard InChI is InChI=1S/C8H7NO3/c1-5(11)8-7(12)3-2-6(4-10)9-8/h2-4,12H,1H3. The van der Waals surface area contributed by atoms with Gasteiger partial charge in [-0.25, -0.2) is 4.98 Å². The van der Waals surface area contributed by atoms with Crippen molar-refractivity contribution in [1.29, 1.82) is 0 Å². The molecule has 0 saturated heterocycles. The highest BCUT2D eigenvalue weighted by molar-refractivity contribution is 5.95. The minimum absolute atomic E-state index is 0.0698. The maximum Gasteiger partial charge on any atom is 0.181 e. The fourth-order valence-corrected chi connectivity index (χ4v) is 0.792. The van der Waals surface area contributed by atoms with E-state index in [9.17, 15) is 9.59 Å². The highest BCUT2D eigenvalue weighted by atomic mass is 16.3. The highest BCUT2D eigenvalue weighted by Crippen LogP contribution is 2.14. The van der Waals surface area contributed by atoms with Crippen LogP contribution in [0.5, 0.6) is 5.75 Å². The molecule has 0 aliphatic carbocycles. The molecular weight excluding hydrogens is 158 g/mol. The molecule has 4 nitrogen and oxygen atoms in total. The number of aldehydes is 1. The van der Waals surface area contributed by atoms with Crippen molar-refractivity contribution in [3.63, 3.8) is 0 Å². The molecular formula is C8H7NO3. The maximum atomic E-state index is 10.8. The van der Waals surface area contributed by atoms with Crippen molar-refractivity contribution in [3.8, 4) is 5.75 Å². The summed E-state index contributed by atoms with van der Waals surface area (Å²) in [6, 6.07) is 2.61. The van der Waals surface area contributed by atoms with E-state index in [1.807, 2.05) is 0 Å². The summed E-state index contributed by atoms with van der Waals surface area (Å²) in [5, 5.41) is 9.10. The van der Waals surface area contributed by atoms with Crippen LogP contribution in [0.2, 0.25) is 0 Å². The number of hydrogen-bond acceptors (Lipinski definition) is 4. The first-order valence-corrected chi connectivity index (χ1v) is 3.31. The molecule has 4 heteroatoms. The van der Waals surface area contributed by atoms with Crippen molar-refractivity contribution in [1.82, 2.24) is 4.98 Å². The number of aromatic nitrogens is 1. The smallest absolute Gasteiger partial charge is 0.181 e. The van der Waals surface area contributed by atoms with Gasteiger partial charge in [-0.05, 0) is 12.1 Å². The number of hydrogen-bond donors (Lipinski definition) is 1. The van der Waals surface area contributed by atoms with Crippen molar-refractivity contribution in [3.05, 3.63) is 23.5 Å². The molecule has 1 aromatic heterocycles. The van der Waals surface area contributed by atoms with E-state index in [-0.39, 0.29) is 22.9 Å². The molecule has 0 unspecified atom stereocenters. The van der Waals surface area contributed by atoms with E-state index in [1.54, 1.807) is 0 Å². The second kappa shape index (κ2) is 3.13. The minimum atomic E-state index is -0.365. The van der Waals surface area contributed by atoms with Gasteiger partial charge in [0.15, 0.2) is 12.1 Å². The van der Waals surface area contributed by atoms with E-state index in [2.05, 4.69) is 4.98 Å². The molecule has 0 aliphatic rings. The van der Waals surface area contributed by atoms with Gasteiger partial charge in [-0.1, -0.05) is 0 Å². The largest absolute Gasteiger partial charge is 0.506 e. The van der Waals surface area contributed by atoms with E-state index in [4.69, 9.17) is 5.11 Å². The first-order valence-electron chi connectivity index (χ1n) is 3.31. The summed E-state index contributed by atoms with van der Waals surface area (Å²) in [7, 11) is 0. The van der Waals surface area contributed by atoms with Crippen molar-refractivity contribution in [2.45, 2.75) is 6.92 Å². The average molecular weight is 165 g/mol. The molecule has 0 aromatic carbocycles. The molecule has 1 rings (SSSR count). The Labute approximate surface area is 68.9 Å². The zero-order chi connectivity index (χ0) is 9.14. The van der Waals surface area contributed by atoms with Crippen LogP contribution in [0.1, 0.15) is 27.9 Å². The molecule has 0 spiro atoms. The maximum absolute atomic E-state index is 10.8. The van der Waals surface area contributed by atoms with E-state index < -0.39 is 0 Å². The Balaban J connectivity index is 3.25. The molecule has 0 fully saturated rings. The second-order valence-corrected chi connectivity index (χ2v) is 2.28. The van der Waals surface area contributed by atoms with Gasteiger partial charge in [0, 0.05) is 6.92 Å². The van der Waals surface area contributed by atoms with Crippen molar-refractivity contribution in [2.24, 2.45) is 0 Å². The topological polar surface area (TPSA) is 67.3 Å². The van der Waals surface area contributed by atoms with E-state index in [0.717, 1.165) is 0 Å². The summed E-state index contributed by atoms with van der Waals surface area (Å²) in [4.78, 5) is 24.7. The zero-order valence-electron chi connectivity index (χ0n) is 6.44. The van der Waals surface area contributed by atoms with E-state index in [1.165, 1.54) is 19.1 Å². The molecule has 0 aliphatic heterocycles. The zero-order valence-corrected chi connectivity index (χ0v) is 6.44.